The zero-order valence-corrected chi connectivity index (χ0v) is 11.9. The van der Waals surface area contributed by atoms with Crippen LogP contribution >= 0.6 is 0 Å². The van der Waals surface area contributed by atoms with Gasteiger partial charge in [-0.3, -0.25) is 14.3 Å². The van der Waals surface area contributed by atoms with Crippen LogP contribution in [0.1, 0.15) is 23.0 Å². The van der Waals surface area contributed by atoms with Gasteiger partial charge in [-0.15, -0.1) is 0 Å². The second-order valence-corrected chi connectivity index (χ2v) is 5.10. The van der Waals surface area contributed by atoms with Gasteiger partial charge in [0.1, 0.15) is 11.7 Å². The zero-order chi connectivity index (χ0) is 15.0. The molecule has 108 valence electrons. The SMILES string of the molecule is CC1C(=O)Nc2ccccc2CN1C(=O)c1ccnn1C. The van der Waals surface area contributed by atoms with Gasteiger partial charge in [-0.25, -0.2) is 0 Å². The van der Waals surface area contributed by atoms with Crippen LogP contribution in [0.5, 0.6) is 0 Å². The minimum absolute atomic E-state index is 0.185. The Bertz CT molecular complexity index is 707. The van der Waals surface area contributed by atoms with E-state index in [1.807, 2.05) is 24.3 Å². The van der Waals surface area contributed by atoms with Crippen molar-refractivity contribution in [3.8, 4) is 0 Å². The van der Waals surface area contributed by atoms with Gasteiger partial charge in [0.25, 0.3) is 5.91 Å². The molecule has 0 aliphatic carbocycles. The van der Waals surface area contributed by atoms with Gasteiger partial charge in [0.05, 0.1) is 0 Å². The number of rotatable bonds is 1. The quantitative estimate of drug-likeness (QED) is 0.860. The highest BCUT2D eigenvalue weighted by Crippen LogP contribution is 2.24. The monoisotopic (exact) mass is 284 g/mol. The lowest BCUT2D eigenvalue weighted by Crippen LogP contribution is -2.43. The summed E-state index contributed by atoms with van der Waals surface area (Å²) in [6.45, 7) is 2.12. The summed E-state index contributed by atoms with van der Waals surface area (Å²) in [4.78, 5) is 26.5. The van der Waals surface area contributed by atoms with E-state index in [0.717, 1.165) is 11.3 Å². The van der Waals surface area contributed by atoms with Crippen molar-refractivity contribution in [2.75, 3.05) is 5.32 Å². The number of para-hydroxylation sites is 1. The maximum atomic E-state index is 12.7. The van der Waals surface area contributed by atoms with Crippen LogP contribution in [-0.2, 0) is 18.4 Å². The number of carbonyl (C=O) groups excluding carboxylic acids is 2. The number of benzene rings is 1. The van der Waals surface area contributed by atoms with Crippen LogP contribution in [0.3, 0.4) is 0 Å². The maximum Gasteiger partial charge on any atom is 0.273 e. The molecule has 0 fully saturated rings. The molecule has 1 aromatic carbocycles. The lowest BCUT2D eigenvalue weighted by Gasteiger charge is -2.25. The van der Waals surface area contributed by atoms with Crippen molar-refractivity contribution < 1.29 is 9.59 Å². The number of nitrogens with one attached hydrogen (secondary N) is 1. The van der Waals surface area contributed by atoms with Gasteiger partial charge in [-0.1, -0.05) is 18.2 Å². The third-order valence-corrected chi connectivity index (χ3v) is 3.76. The van der Waals surface area contributed by atoms with Crippen molar-refractivity contribution in [3.63, 3.8) is 0 Å². The van der Waals surface area contributed by atoms with Crippen LogP contribution in [0.4, 0.5) is 5.69 Å². The number of hydrogen-bond donors (Lipinski definition) is 1. The highest BCUT2D eigenvalue weighted by atomic mass is 16.2. The third kappa shape index (κ3) is 2.29. The molecule has 0 bridgehead atoms. The number of anilines is 1. The number of nitrogens with zero attached hydrogens (tertiary/aromatic N) is 3. The summed E-state index contributed by atoms with van der Waals surface area (Å²) in [6, 6.07) is 8.63. The van der Waals surface area contributed by atoms with E-state index < -0.39 is 6.04 Å². The molecular weight excluding hydrogens is 268 g/mol. The van der Waals surface area contributed by atoms with Gasteiger partial charge >= 0.3 is 0 Å². The molecule has 1 atom stereocenters. The molecule has 6 nitrogen and oxygen atoms in total. The Hall–Kier alpha value is -2.63. The Balaban J connectivity index is 2.00. The number of amides is 2. The summed E-state index contributed by atoms with van der Waals surface area (Å²) in [6.07, 6.45) is 1.57. The van der Waals surface area contributed by atoms with E-state index in [-0.39, 0.29) is 11.8 Å². The van der Waals surface area contributed by atoms with E-state index in [2.05, 4.69) is 10.4 Å². The zero-order valence-electron chi connectivity index (χ0n) is 11.9. The average Bonchev–Trinajstić information content (AvgIpc) is 2.85. The van der Waals surface area contributed by atoms with Crippen molar-refractivity contribution in [1.82, 2.24) is 14.7 Å². The predicted octanol–water partition coefficient (Wildman–Crippen LogP) is 1.40. The smallest absolute Gasteiger partial charge is 0.273 e. The maximum absolute atomic E-state index is 12.7. The molecule has 1 aromatic heterocycles. The second kappa shape index (κ2) is 5.05. The Morgan fingerprint density at radius 3 is 2.81 bits per heavy atom. The molecular formula is C15H16N4O2. The minimum atomic E-state index is -0.542. The fourth-order valence-corrected chi connectivity index (χ4v) is 2.46. The highest BCUT2D eigenvalue weighted by molar-refractivity contribution is 6.01. The third-order valence-electron chi connectivity index (χ3n) is 3.76. The molecule has 2 amide bonds. The summed E-state index contributed by atoms with van der Waals surface area (Å²) in [5.41, 5.74) is 2.15. The number of carbonyl (C=O) groups is 2. The molecule has 0 radical (unpaired) electrons. The molecule has 1 unspecified atom stereocenters. The Kier molecular flexibility index (Phi) is 3.21. The first kappa shape index (κ1) is 13.4. The molecule has 21 heavy (non-hydrogen) atoms. The predicted molar refractivity (Wildman–Crippen MR) is 77.6 cm³/mol. The second-order valence-electron chi connectivity index (χ2n) is 5.10. The van der Waals surface area contributed by atoms with Crippen LogP contribution in [-0.4, -0.2) is 32.5 Å². The normalized spacial score (nSPS) is 17.9. The summed E-state index contributed by atoms with van der Waals surface area (Å²) < 4.78 is 1.52. The lowest BCUT2D eigenvalue weighted by molar-refractivity contribution is -0.120. The highest BCUT2D eigenvalue weighted by Gasteiger charge is 2.31. The van der Waals surface area contributed by atoms with Crippen LogP contribution in [0.2, 0.25) is 0 Å². The van der Waals surface area contributed by atoms with E-state index in [1.165, 1.54) is 4.68 Å². The summed E-state index contributed by atoms with van der Waals surface area (Å²) in [5, 5.41) is 6.87. The fraction of sp³-hybridized carbons (Fsp3) is 0.267. The molecule has 1 aliphatic heterocycles. The molecule has 0 saturated heterocycles. The van der Waals surface area contributed by atoms with E-state index in [0.29, 0.717) is 12.2 Å². The first-order valence-electron chi connectivity index (χ1n) is 6.75. The first-order valence-corrected chi connectivity index (χ1v) is 6.75. The van der Waals surface area contributed by atoms with Crippen molar-refractivity contribution >= 4 is 17.5 Å². The molecule has 3 rings (SSSR count). The largest absolute Gasteiger partial charge is 0.324 e. The van der Waals surface area contributed by atoms with E-state index >= 15 is 0 Å². The van der Waals surface area contributed by atoms with Gasteiger partial charge in [-0.05, 0) is 24.6 Å². The van der Waals surface area contributed by atoms with E-state index in [4.69, 9.17) is 0 Å². The molecule has 2 aromatic rings. The Labute approximate surface area is 122 Å². The lowest BCUT2D eigenvalue weighted by atomic mass is 10.1. The van der Waals surface area contributed by atoms with E-state index in [9.17, 15) is 9.59 Å². The van der Waals surface area contributed by atoms with Crippen molar-refractivity contribution in [1.29, 1.82) is 0 Å². The Morgan fingerprint density at radius 1 is 1.33 bits per heavy atom. The summed E-state index contributed by atoms with van der Waals surface area (Å²) in [7, 11) is 1.71. The number of hydrogen-bond acceptors (Lipinski definition) is 3. The van der Waals surface area contributed by atoms with Gasteiger partial charge in [0.2, 0.25) is 5.91 Å². The number of aromatic nitrogens is 2. The van der Waals surface area contributed by atoms with Gasteiger partial charge < -0.3 is 10.2 Å². The van der Waals surface area contributed by atoms with E-state index in [1.54, 1.807) is 31.1 Å². The van der Waals surface area contributed by atoms with Crippen molar-refractivity contribution in [2.24, 2.45) is 7.05 Å². The molecule has 0 saturated carbocycles. The topological polar surface area (TPSA) is 67.2 Å². The van der Waals surface area contributed by atoms with Crippen LogP contribution < -0.4 is 5.32 Å². The minimum Gasteiger partial charge on any atom is -0.324 e. The first-order chi connectivity index (χ1) is 10.1. The number of aryl methyl sites for hydroxylation is 1. The van der Waals surface area contributed by atoms with Gasteiger partial charge in [-0.2, -0.15) is 5.10 Å². The standard InChI is InChI=1S/C15H16N4O2/c1-10-14(20)17-12-6-4-3-5-11(12)9-19(10)15(21)13-7-8-16-18(13)2/h3-8,10H,9H2,1-2H3,(H,17,20). The summed E-state index contributed by atoms with van der Waals surface area (Å²) >= 11 is 0. The Morgan fingerprint density at radius 2 is 2.10 bits per heavy atom. The van der Waals surface area contributed by atoms with Gasteiger partial charge in [0.15, 0.2) is 0 Å². The summed E-state index contributed by atoms with van der Waals surface area (Å²) in [5.74, 6) is -0.384. The van der Waals surface area contributed by atoms with Crippen LogP contribution in [0.25, 0.3) is 0 Å². The van der Waals surface area contributed by atoms with Gasteiger partial charge in [0, 0.05) is 25.5 Å². The molecule has 0 spiro atoms. The molecule has 1 aliphatic rings. The fourth-order valence-electron chi connectivity index (χ4n) is 2.46. The average molecular weight is 284 g/mol. The van der Waals surface area contributed by atoms with Crippen LogP contribution in [0, 0.1) is 0 Å². The van der Waals surface area contributed by atoms with Crippen LogP contribution in [0.15, 0.2) is 36.5 Å². The molecule has 1 N–H and O–H groups in total. The van der Waals surface area contributed by atoms with Crippen molar-refractivity contribution in [3.05, 3.63) is 47.8 Å². The number of fused-ring (bicyclic) bond motifs is 1. The van der Waals surface area contributed by atoms with Crippen molar-refractivity contribution in [2.45, 2.75) is 19.5 Å². The molecule has 2 heterocycles. The molecule has 6 heteroatoms.